The van der Waals surface area contributed by atoms with Crippen LogP contribution in [0.15, 0.2) is 71.7 Å². The molecule has 6 heteroatoms. The number of nitrogens with one attached hydrogen (secondary N) is 2. The summed E-state index contributed by atoms with van der Waals surface area (Å²) in [6.07, 6.45) is 6.13. The molecule has 0 radical (unpaired) electrons. The van der Waals surface area contributed by atoms with Gasteiger partial charge in [-0.25, -0.2) is 0 Å². The van der Waals surface area contributed by atoms with E-state index in [4.69, 9.17) is 4.74 Å². The fraction of sp³-hybridized carbons (Fsp3) is 0.259. The number of unbranched alkanes of at least 4 members (excludes halogenated alkanes) is 3. The van der Waals surface area contributed by atoms with Gasteiger partial charge in [0, 0.05) is 36.3 Å². The normalized spacial score (nSPS) is 11.0. The van der Waals surface area contributed by atoms with Gasteiger partial charge in [-0.15, -0.1) is 0 Å². The Morgan fingerprint density at radius 2 is 1.76 bits per heavy atom. The van der Waals surface area contributed by atoms with Crippen molar-refractivity contribution in [2.24, 2.45) is 7.05 Å². The molecule has 0 saturated heterocycles. The fourth-order valence-corrected chi connectivity index (χ4v) is 3.91. The van der Waals surface area contributed by atoms with Crippen molar-refractivity contribution < 1.29 is 9.53 Å². The van der Waals surface area contributed by atoms with Crippen LogP contribution in [0.1, 0.15) is 43.1 Å². The predicted molar refractivity (Wildman–Crippen MR) is 132 cm³/mol. The number of carbonyl (C=O) groups excluding carboxylic acids is 1. The number of aromatic nitrogens is 2. The van der Waals surface area contributed by atoms with Gasteiger partial charge in [0.1, 0.15) is 22.7 Å². The highest BCUT2D eigenvalue weighted by Gasteiger charge is 2.18. The smallest absolute Gasteiger partial charge is 0.274 e. The molecular weight excluding hydrogens is 414 g/mol. The van der Waals surface area contributed by atoms with Crippen molar-refractivity contribution in [1.29, 1.82) is 0 Å². The molecule has 4 rings (SSSR count). The quantitative estimate of drug-likeness (QED) is 0.329. The van der Waals surface area contributed by atoms with Crippen molar-refractivity contribution >= 4 is 16.8 Å². The van der Waals surface area contributed by atoms with Gasteiger partial charge in [0.15, 0.2) is 0 Å². The van der Waals surface area contributed by atoms with Crippen LogP contribution in [0.5, 0.6) is 11.5 Å². The van der Waals surface area contributed by atoms with Crippen molar-refractivity contribution in [2.45, 2.75) is 32.6 Å². The van der Waals surface area contributed by atoms with Crippen LogP contribution in [0.2, 0.25) is 0 Å². The zero-order chi connectivity index (χ0) is 23.2. The molecular formula is C27H29N3O3. The van der Waals surface area contributed by atoms with Crippen LogP contribution < -0.4 is 15.6 Å². The molecule has 0 atom stereocenters. The van der Waals surface area contributed by atoms with Gasteiger partial charge < -0.3 is 19.6 Å². The van der Waals surface area contributed by atoms with Crippen molar-refractivity contribution in [2.75, 3.05) is 6.54 Å². The molecule has 0 aliphatic heterocycles. The predicted octanol–water partition coefficient (Wildman–Crippen LogP) is 5.64. The van der Waals surface area contributed by atoms with Gasteiger partial charge in [0.05, 0.1) is 0 Å². The molecule has 0 aliphatic rings. The van der Waals surface area contributed by atoms with E-state index in [9.17, 15) is 9.59 Å². The van der Waals surface area contributed by atoms with Gasteiger partial charge in [0.2, 0.25) is 0 Å². The third kappa shape index (κ3) is 5.00. The molecule has 0 saturated carbocycles. The second-order valence-corrected chi connectivity index (χ2v) is 8.16. The number of benzene rings is 2. The number of fused-ring (bicyclic) bond motifs is 1. The average Bonchev–Trinajstić information content (AvgIpc) is 3.28. The molecule has 0 unspecified atom stereocenters. The maximum Gasteiger partial charge on any atom is 0.274 e. The first-order chi connectivity index (χ1) is 16.1. The molecule has 0 spiro atoms. The number of nitrogens with zero attached hydrogens (tertiary/aromatic N) is 1. The Labute approximate surface area is 193 Å². The first kappa shape index (κ1) is 22.4. The molecule has 2 aromatic carbocycles. The number of ether oxygens (including phenoxy) is 1. The summed E-state index contributed by atoms with van der Waals surface area (Å²) >= 11 is 0. The van der Waals surface area contributed by atoms with Gasteiger partial charge >= 0.3 is 0 Å². The number of para-hydroxylation sites is 2. The molecule has 170 valence electrons. The van der Waals surface area contributed by atoms with Crippen LogP contribution in [0.3, 0.4) is 0 Å². The Hall–Kier alpha value is -3.80. The van der Waals surface area contributed by atoms with Gasteiger partial charge in [0.25, 0.3) is 11.5 Å². The Balaban J connectivity index is 1.70. The summed E-state index contributed by atoms with van der Waals surface area (Å²) in [6.45, 7) is 2.77. The molecule has 1 amide bonds. The average molecular weight is 444 g/mol. The molecule has 2 heterocycles. The fourth-order valence-electron chi connectivity index (χ4n) is 3.91. The van der Waals surface area contributed by atoms with E-state index >= 15 is 0 Å². The monoisotopic (exact) mass is 443 g/mol. The molecule has 0 bridgehead atoms. The number of aryl methyl sites for hydroxylation is 1. The minimum atomic E-state index is -0.204. The van der Waals surface area contributed by atoms with Crippen LogP contribution in [-0.2, 0) is 7.05 Å². The zero-order valence-electron chi connectivity index (χ0n) is 19.1. The first-order valence-corrected chi connectivity index (χ1v) is 11.4. The van der Waals surface area contributed by atoms with Crippen LogP contribution in [0, 0.1) is 0 Å². The van der Waals surface area contributed by atoms with E-state index in [2.05, 4.69) is 17.2 Å². The third-order valence-electron chi connectivity index (χ3n) is 5.67. The zero-order valence-corrected chi connectivity index (χ0v) is 19.1. The number of H-pyrrole nitrogens is 1. The van der Waals surface area contributed by atoms with Crippen LogP contribution in [0.25, 0.3) is 22.0 Å². The maximum absolute atomic E-state index is 12.8. The van der Waals surface area contributed by atoms with Gasteiger partial charge in [-0.1, -0.05) is 62.6 Å². The summed E-state index contributed by atoms with van der Waals surface area (Å²) in [5, 5.41) is 3.65. The van der Waals surface area contributed by atoms with Gasteiger partial charge in [-0.3, -0.25) is 9.59 Å². The minimum absolute atomic E-state index is 0.183. The SMILES string of the molecule is CCCCCCNC(=O)c1cc2c(-c3ccccc3Oc3ccccc3)cn(C)c(=O)c2[nH]1. The Bertz CT molecular complexity index is 1310. The van der Waals surface area contributed by atoms with E-state index in [1.54, 1.807) is 19.3 Å². The Morgan fingerprint density at radius 3 is 2.55 bits per heavy atom. The van der Waals surface area contributed by atoms with Crippen molar-refractivity contribution in [3.05, 3.63) is 82.9 Å². The number of pyridine rings is 1. The van der Waals surface area contributed by atoms with E-state index in [-0.39, 0.29) is 11.5 Å². The van der Waals surface area contributed by atoms with E-state index in [0.29, 0.717) is 28.9 Å². The maximum atomic E-state index is 12.8. The minimum Gasteiger partial charge on any atom is -0.457 e. The summed E-state index contributed by atoms with van der Waals surface area (Å²) < 4.78 is 7.67. The molecule has 4 aromatic rings. The van der Waals surface area contributed by atoms with E-state index in [0.717, 1.165) is 42.6 Å². The first-order valence-electron chi connectivity index (χ1n) is 11.4. The topological polar surface area (TPSA) is 76.1 Å². The number of hydrogen-bond acceptors (Lipinski definition) is 3. The lowest BCUT2D eigenvalue weighted by atomic mass is 10.0. The third-order valence-corrected chi connectivity index (χ3v) is 5.67. The summed E-state index contributed by atoms with van der Waals surface area (Å²) in [5.41, 5.74) is 2.26. The summed E-state index contributed by atoms with van der Waals surface area (Å²) in [6, 6.07) is 19.0. The molecule has 0 aliphatic carbocycles. The van der Waals surface area contributed by atoms with Crippen molar-refractivity contribution in [3.8, 4) is 22.6 Å². The van der Waals surface area contributed by atoms with Crippen molar-refractivity contribution in [3.63, 3.8) is 0 Å². The van der Waals surface area contributed by atoms with E-state index in [1.807, 2.05) is 54.6 Å². The Kier molecular flexibility index (Phi) is 6.93. The van der Waals surface area contributed by atoms with Crippen molar-refractivity contribution in [1.82, 2.24) is 14.9 Å². The number of aromatic amines is 1. The van der Waals surface area contributed by atoms with E-state index < -0.39 is 0 Å². The molecule has 2 aromatic heterocycles. The van der Waals surface area contributed by atoms with E-state index in [1.165, 1.54) is 4.57 Å². The second kappa shape index (κ2) is 10.2. The number of rotatable bonds is 9. The summed E-state index contributed by atoms with van der Waals surface area (Å²) in [5.74, 6) is 1.19. The number of amides is 1. The van der Waals surface area contributed by atoms with Crippen LogP contribution >= 0.6 is 0 Å². The highest BCUT2D eigenvalue weighted by atomic mass is 16.5. The molecule has 33 heavy (non-hydrogen) atoms. The standard InChI is InChI=1S/C27H29N3O3/c1-3-4-5-11-16-28-26(31)23-17-21-22(18-30(2)27(32)25(21)29-23)20-14-9-10-15-24(20)33-19-12-7-6-8-13-19/h6-10,12-15,17-18,29H,3-5,11,16H2,1-2H3,(H,28,31). The highest BCUT2D eigenvalue weighted by Crippen LogP contribution is 2.36. The number of carbonyl (C=O) groups is 1. The van der Waals surface area contributed by atoms with Gasteiger partial charge in [-0.2, -0.15) is 0 Å². The molecule has 2 N–H and O–H groups in total. The largest absolute Gasteiger partial charge is 0.457 e. The second-order valence-electron chi connectivity index (χ2n) is 8.16. The van der Waals surface area contributed by atoms with Gasteiger partial charge in [-0.05, 0) is 30.7 Å². The van der Waals surface area contributed by atoms with Crippen LogP contribution in [0.4, 0.5) is 0 Å². The molecule has 0 fully saturated rings. The highest BCUT2D eigenvalue weighted by molar-refractivity contribution is 6.03. The Morgan fingerprint density at radius 1 is 1.00 bits per heavy atom. The lowest BCUT2D eigenvalue weighted by molar-refractivity contribution is 0.0949. The lowest BCUT2D eigenvalue weighted by Gasteiger charge is -2.13. The van der Waals surface area contributed by atoms with Crippen LogP contribution in [-0.4, -0.2) is 22.0 Å². The molecule has 6 nitrogen and oxygen atoms in total. The number of hydrogen-bond donors (Lipinski definition) is 2. The summed E-state index contributed by atoms with van der Waals surface area (Å²) in [4.78, 5) is 28.6. The lowest BCUT2D eigenvalue weighted by Crippen LogP contribution is -2.24. The summed E-state index contributed by atoms with van der Waals surface area (Å²) in [7, 11) is 1.71.